The molecule has 3 aromatic carbocycles. The zero-order valence-corrected chi connectivity index (χ0v) is 33.0. The Balaban J connectivity index is 1.09. The minimum atomic E-state index is -5.02. The molecule has 0 radical (unpaired) electrons. The van der Waals surface area contributed by atoms with E-state index in [2.05, 4.69) is 31.2 Å². The number of amides is 6. The number of benzene rings is 3. The Labute approximate surface area is 345 Å². The van der Waals surface area contributed by atoms with E-state index in [0.717, 1.165) is 11.0 Å². The second kappa shape index (κ2) is 16.6. The molecule has 0 spiro atoms. The van der Waals surface area contributed by atoms with E-state index in [1.54, 1.807) is 24.3 Å². The van der Waals surface area contributed by atoms with Crippen molar-refractivity contribution in [2.75, 3.05) is 48.8 Å². The van der Waals surface area contributed by atoms with Gasteiger partial charge in [0.25, 0.3) is 23.6 Å². The maximum absolute atomic E-state index is 15.6. The van der Waals surface area contributed by atoms with Gasteiger partial charge in [0.1, 0.15) is 11.9 Å². The number of aromatic nitrogens is 1. The average Bonchev–Trinajstić information content (AvgIpc) is 3.47. The van der Waals surface area contributed by atoms with Gasteiger partial charge in [-0.3, -0.25) is 48.7 Å². The summed E-state index contributed by atoms with van der Waals surface area (Å²) in [5, 5.41) is 10.4. The lowest BCUT2D eigenvalue weighted by Gasteiger charge is -2.44. The number of fused-ring (bicyclic) bond motifs is 1. The zero-order valence-electron chi connectivity index (χ0n) is 33.0. The molecule has 5 N–H and O–H groups in total. The molecule has 2 fully saturated rings. The molecule has 7 rings (SSSR count). The van der Waals surface area contributed by atoms with Crippen molar-refractivity contribution in [2.45, 2.75) is 51.0 Å². The number of H-pyrrole nitrogens is 1. The molecule has 0 bridgehead atoms. The molecule has 2 saturated heterocycles. The van der Waals surface area contributed by atoms with Crippen LogP contribution in [0.3, 0.4) is 0 Å². The Hall–Kier alpha value is -6.89. The van der Waals surface area contributed by atoms with Crippen LogP contribution in [0.15, 0.2) is 71.7 Å². The molecule has 19 heteroatoms. The van der Waals surface area contributed by atoms with Crippen LogP contribution in [0.2, 0.25) is 0 Å². The first-order valence-electron chi connectivity index (χ1n) is 19.3. The minimum Gasteiger partial charge on any atom is -0.383 e. The van der Waals surface area contributed by atoms with Crippen molar-refractivity contribution in [2.24, 2.45) is 0 Å². The SMILES string of the molecule is C[C@@H]1CN(c2ccc(-c3cc(C(=O)NCCNc4cccc5c4C(=O)N(C4CCC(=O)NC4=O)C5=O)ccc3F)cc2NC(=O)c2c[nH]c(=O)cc2C(F)(F)F)C[C@H](C)N1C. The molecule has 6 amide bonds. The Morgan fingerprint density at radius 3 is 2.30 bits per heavy atom. The van der Waals surface area contributed by atoms with E-state index in [0.29, 0.717) is 31.0 Å². The number of aromatic amines is 1. The second-order valence-electron chi connectivity index (χ2n) is 15.1. The van der Waals surface area contributed by atoms with Gasteiger partial charge in [0.05, 0.1) is 33.6 Å². The fourth-order valence-electron chi connectivity index (χ4n) is 7.79. The van der Waals surface area contributed by atoms with Gasteiger partial charge in [-0.1, -0.05) is 12.1 Å². The molecular weight excluding hydrogens is 805 g/mol. The Morgan fingerprint density at radius 1 is 0.852 bits per heavy atom. The van der Waals surface area contributed by atoms with Crippen LogP contribution in [0.5, 0.6) is 0 Å². The minimum absolute atomic E-state index is 0.00128. The normalized spacial score (nSPS) is 19.4. The molecule has 3 aliphatic rings. The fourth-order valence-corrected chi connectivity index (χ4v) is 7.79. The van der Waals surface area contributed by atoms with Crippen molar-refractivity contribution in [3.05, 3.63) is 111 Å². The number of carbonyl (C=O) groups excluding carboxylic acids is 6. The monoisotopic (exact) mass is 844 g/mol. The average molecular weight is 845 g/mol. The van der Waals surface area contributed by atoms with Crippen molar-refractivity contribution >= 4 is 52.5 Å². The third-order valence-corrected chi connectivity index (χ3v) is 11.2. The lowest BCUT2D eigenvalue weighted by atomic mass is 9.99. The van der Waals surface area contributed by atoms with E-state index in [-0.39, 0.29) is 77.2 Å². The van der Waals surface area contributed by atoms with Crippen LogP contribution < -0.4 is 31.7 Å². The number of halogens is 4. The molecular formula is C42H40F4N8O7. The molecule has 61 heavy (non-hydrogen) atoms. The fraction of sp³-hybridized carbons (Fsp3) is 0.310. The molecule has 4 heterocycles. The summed E-state index contributed by atoms with van der Waals surface area (Å²) in [5.41, 5.74) is -2.16. The first kappa shape index (κ1) is 42.2. The van der Waals surface area contributed by atoms with Gasteiger partial charge in [0.15, 0.2) is 0 Å². The van der Waals surface area contributed by atoms with Crippen LogP contribution in [0.4, 0.5) is 34.6 Å². The number of nitrogens with one attached hydrogen (secondary N) is 5. The summed E-state index contributed by atoms with van der Waals surface area (Å²) < 4.78 is 57.3. The number of hydrogen-bond acceptors (Lipinski definition) is 10. The van der Waals surface area contributed by atoms with Gasteiger partial charge < -0.3 is 25.8 Å². The maximum atomic E-state index is 15.6. The third-order valence-electron chi connectivity index (χ3n) is 11.2. The van der Waals surface area contributed by atoms with Crippen LogP contribution in [-0.4, -0.2) is 102 Å². The number of anilines is 3. The summed E-state index contributed by atoms with van der Waals surface area (Å²) in [6.07, 6.45) is -4.36. The van der Waals surface area contributed by atoms with E-state index < -0.39 is 70.2 Å². The number of alkyl halides is 3. The zero-order chi connectivity index (χ0) is 43.9. The number of hydrogen-bond donors (Lipinski definition) is 5. The van der Waals surface area contributed by atoms with Crippen LogP contribution in [-0.2, 0) is 15.8 Å². The van der Waals surface area contributed by atoms with Gasteiger partial charge in [0.2, 0.25) is 17.4 Å². The van der Waals surface area contributed by atoms with E-state index in [4.69, 9.17) is 0 Å². The Morgan fingerprint density at radius 2 is 1.59 bits per heavy atom. The number of imide groups is 2. The summed E-state index contributed by atoms with van der Waals surface area (Å²) in [4.78, 5) is 96.4. The number of nitrogens with zero attached hydrogens (tertiary/aromatic N) is 3. The Bertz CT molecular complexity index is 2530. The molecule has 4 aromatic rings. The van der Waals surface area contributed by atoms with Crippen molar-refractivity contribution in [1.82, 2.24) is 25.4 Å². The molecule has 318 valence electrons. The smallest absolute Gasteiger partial charge is 0.383 e. The summed E-state index contributed by atoms with van der Waals surface area (Å²) in [5.74, 6) is -5.10. The number of carbonyl (C=O) groups is 6. The number of piperidine rings is 1. The second-order valence-corrected chi connectivity index (χ2v) is 15.1. The molecule has 0 aliphatic carbocycles. The van der Waals surface area contributed by atoms with E-state index in [9.17, 15) is 46.7 Å². The first-order valence-corrected chi connectivity index (χ1v) is 19.3. The van der Waals surface area contributed by atoms with Gasteiger partial charge >= 0.3 is 6.18 Å². The predicted molar refractivity (Wildman–Crippen MR) is 215 cm³/mol. The first-order chi connectivity index (χ1) is 28.9. The number of piperazine rings is 1. The van der Waals surface area contributed by atoms with Crippen molar-refractivity contribution < 1.29 is 46.3 Å². The Kier molecular flexibility index (Phi) is 11.5. The van der Waals surface area contributed by atoms with Crippen LogP contribution in [0.25, 0.3) is 11.1 Å². The van der Waals surface area contributed by atoms with Crippen LogP contribution in [0.1, 0.15) is 73.7 Å². The maximum Gasteiger partial charge on any atom is 0.417 e. The highest BCUT2D eigenvalue weighted by Crippen LogP contribution is 2.37. The third kappa shape index (κ3) is 8.45. The highest BCUT2D eigenvalue weighted by molar-refractivity contribution is 6.25. The molecule has 3 aliphatic heterocycles. The van der Waals surface area contributed by atoms with Crippen LogP contribution >= 0.6 is 0 Å². The lowest BCUT2D eigenvalue weighted by molar-refractivity contribution is -0.138. The van der Waals surface area contributed by atoms with Gasteiger partial charge in [-0.05, 0) is 75.3 Å². The summed E-state index contributed by atoms with van der Waals surface area (Å²) in [6.45, 7) is 5.08. The van der Waals surface area contributed by atoms with E-state index in [1.807, 2.05) is 25.8 Å². The lowest BCUT2D eigenvalue weighted by Crippen LogP contribution is -2.55. The summed E-state index contributed by atoms with van der Waals surface area (Å²) >= 11 is 0. The number of likely N-dealkylation sites (N-methyl/N-ethyl adjacent to an activating group) is 1. The molecule has 3 atom stereocenters. The van der Waals surface area contributed by atoms with Gasteiger partial charge in [-0.2, -0.15) is 13.2 Å². The molecule has 15 nitrogen and oxygen atoms in total. The topological polar surface area (TPSA) is 193 Å². The molecule has 1 unspecified atom stereocenters. The van der Waals surface area contributed by atoms with Crippen molar-refractivity contribution in [3.63, 3.8) is 0 Å². The van der Waals surface area contributed by atoms with Crippen molar-refractivity contribution in [3.8, 4) is 11.1 Å². The van der Waals surface area contributed by atoms with Gasteiger partial charge in [0, 0.05) is 73.8 Å². The van der Waals surface area contributed by atoms with Crippen LogP contribution in [0, 0.1) is 5.82 Å². The van der Waals surface area contributed by atoms with Gasteiger partial charge in [-0.15, -0.1) is 0 Å². The summed E-state index contributed by atoms with van der Waals surface area (Å²) in [7, 11) is 1.97. The van der Waals surface area contributed by atoms with E-state index >= 15 is 4.39 Å². The van der Waals surface area contributed by atoms with Crippen molar-refractivity contribution in [1.29, 1.82) is 0 Å². The quantitative estimate of drug-likeness (QED) is 0.0878. The van der Waals surface area contributed by atoms with Gasteiger partial charge in [-0.25, -0.2) is 4.39 Å². The van der Waals surface area contributed by atoms with E-state index in [1.165, 1.54) is 24.3 Å². The molecule has 0 saturated carbocycles. The highest BCUT2D eigenvalue weighted by atomic mass is 19.4. The number of rotatable bonds is 10. The highest BCUT2D eigenvalue weighted by Gasteiger charge is 2.45. The number of pyridine rings is 1. The predicted octanol–water partition coefficient (Wildman–Crippen LogP) is 4.22. The summed E-state index contributed by atoms with van der Waals surface area (Å²) in [6, 6.07) is 12.1. The standard InChI is InChI=1S/C42H40F4N8O7/c1-21-19-53(20-22(2)52(21)3)32-10-8-23(16-31(32)50-38(58)27-18-49-35(56)17-28(27)42(44,45)46)26-15-24(7-9-29(26)43)37(57)48-14-13-47-30-6-4-5-25-36(30)41(61)54(40(25)60)33-11-12-34(55)51-39(33)59/h4-10,15-18,21-22,33,47H,11-14,19-20H2,1-3H3,(H,48,57)(H,49,56)(H,50,58)(H,51,55,59)/t21-,22+,33?. The largest absolute Gasteiger partial charge is 0.417 e. The molecule has 1 aromatic heterocycles.